The number of nitrogens with zero attached hydrogens (tertiary/aromatic N) is 3. The lowest BCUT2D eigenvalue weighted by atomic mass is 10.2. The summed E-state index contributed by atoms with van der Waals surface area (Å²) in [6, 6.07) is 8.65. The molecule has 1 unspecified atom stereocenters. The molecule has 1 fully saturated rings. The molecule has 0 amide bonds. The molecule has 1 N–H and O–H groups in total. The van der Waals surface area contributed by atoms with Crippen LogP contribution in [0.2, 0.25) is 0 Å². The first kappa shape index (κ1) is 13.3. The van der Waals surface area contributed by atoms with Crippen LogP contribution >= 0.6 is 0 Å². The molecule has 1 aliphatic rings. The van der Waals surface area contributed by atoms with Crippen molar-refractivity contribution in [3.63, 3.8) is 0 Å². The van der Waals surface area contributed by atoms with Crippen molar-refractivity contribution in [2.45, 2.75) is 32.7 Å². The van der Waals surface area contributed by atoms with Gasteiger partial charge in [-0.25, -0.2) is 9.97 Å². The molecule has 1 atom stereocenters. The molecule has 1 saturated heterocycles. The SMILES string of the molecule is CCNCC1CCCN1c1nc2ccccc2nc1C. The van der Waals surface area contributed by atoms with Gasteiger partial charge in [-0.15, -0.1) is 0 Å². The number of anilines is 1. The molecule has 0 saturated carbocycles. The Balaban J connectivity index is 1.94. The van der Waals surface area contributed by atoms with Gasteiger partial charge in [-0.1, -0.05) is 19.1 Å². The largest absolute Gasteiger partial charge is 0.351 e. The fourth-order valence-electron chi connectivity index (χ4n) is 2.99. The van der Waals surface area contributed by atoms with Crippen LogP contribution < -0.4 is 10.2 Å². The van der Waals surface area contributed by atoms with E-state index in [1.807, 2.05) is 24.3 Å². The molecule has 1 aliphatic heterocycles. The second-order valence-corrected chi connectivity index (χ2v) is 5.42. The average molecular weight is 270 g/mol. The molecule has 1 aromatic heterocycles. The van der Waals surface area contributed by atoms with E-state index in [-0.39, 0.29) is 0 Å². The number of aryl methyl sites for hydroxylation is 1. The second-order valence-electron chi connectivity index (χ2n) is 5.42. The van der Waals surface area contributed by atoms with E-state index in [9.17, 15) is 0 Å². The minimum atomic E-state index is 0.545. The lowest BCUT2D eigenvalue weighted by Crippen LogP contribution is -2.38. The molecule has 0 radical (unpaired) electrons. The highest BCUT2D eigenvalue weighted by Crippen LogP contribution is 2.27. The van der Waals surface area contributed by atoms with Gasteiger partial charge >= 0.3 is 0 Å². The van der Waals surface area contributed by atoms with Gasteiger partial charge in [0.15, 0.2) is 5.82 Å². The molecular formula is C16H22N4. The molecule has 1 aromatic carbocycles. The molecule has 20 heavy (non-hydrogen) atoms. The summed E-state index contributed by atoms with van der Waals surface area (Å²) >= 11 is 0. The van der Waals surface area contributed by atoms with E-state index in [0.717, 1.165) is 42.2 Å². The number of rotatable bonds is 4. The normalized spacial score (nSPS) is 18.9. The van der Waals surface area contributed by atoms with Crippen LogP contribution in [-0.2, 0) is 0 Å². The fraction of sp³-hybridized carbons (Fsp3) is 0.500. The van der Waals surface area contributed by atoms with Gasteiger partial charge in [-0.05, 0) is 38.4 Å². The van der Waals surface area contributed by atoms with Crippen LogP contribution in [0.1, 0.15) is 25.5 Å². The van der Waals surface area contributed by atoms with Gasteiger partial charge in [0.05, 0.1) is 16.7 Å². The Bertz CT molecular complexity index is 596. The molecule has 0 spiro atoms. The number of hydrogen-bond donors (Lipinski definition) is 1. The van der Waals surface area contributed by atoms with Crippen LogP contribution in [0.5, 0.6) is 0 Å². The van der Waals surface area contributed by atoms with Gasteiger partial charge in [0.25, 0.3) is 0 Å². The Hall–Kier alpha value is -1.68. The summed E-state index contributed by atoms with van der Waals surface area (Å²) in [4.78, 5) is 12.0. The van der Waals surface area contributed by atoms with Crippen molar-refractivity contribution in [2.24, 2.45) is 0 Å². The van der Waals surface area contributed by atoms with E-state index in [1.165, 1.54) is 12.8 Å². The molecule has 0 aliphatic carbocycles. The summed E-state index contributed by atoms with van der Waals surface area (Å²) < 4.78 is 0. The van der Waals surface area contributed by atoms with Gasteiger partial charge in [-0.2, -0.15) is 0 Å². The number of likely N-dealkylation sites (N-methyl/N-ethyl adjacent to an activating group) is 1. The standard InChI is InChI=1S/C16H22N4/c1-3-17-11-13-7-6-10-20(13)16-12(2)18-14-8-4-5-9-15(14)19-16/h4-5,8-9,13,17H,3,6-7,10-11H2,1-2H3. The molecule has 4 heteroatoms. The van der Waals surface area contributed by atoms with Crippen molar-refractivity contribution < 1.29 is 0 Å². The quantitative estimate of drug-likeness (QED) is 0.927. The van der Waals surface area contributed by atoms with Gasteiger partial charge in [0.2, 0.25) is 0 Å². The van der Waals surface area contributed by atoms with Crippen LogP contribution in [0.15, 0.2) is 24.3 Å². The minimum Gasteiger partial charge on any atom is -0.351 e. The monoisotopic (exact) mass is 270 g/mol. The molecule has 0 bridgehead atoms. The fourth-order valence-corrected chi connectivity index (χ4v) is 2.99. The van der Waals surface area contributed by atoms with Crippen LogP contribution in [0.3, 0.4) is 0 Å². The molecule has 3 rings (SSSR count). The number of aromatic nitrogens is 2. The highest BCUT2D eigenvalue weighted by Gasteiger charge is 2.26. The maximum atomic E-state index is 4.85. The topological polar surface area (TPSA) is 41.0 Å². The summed E-state index contributed by atoms with van der Waals surface area (Å²) in [5, 5.41) is 3.46. The molecule has 2 aromatic rings. The first-order chi connectivity index (χ1) is 9.79. The molecule has 106 valence electrons. The molecule has 2 heterocycles. The maximum Gasteiger partial charge on any atom is 0.151 e. The smallest absolute Gasteiger partial charge is 0.151 e. The van der Waals surface area contributed by atoms with E-state index in [1.54, 1.807) is 0 Å². The van der Waals surface area contributed by atoms with Crippen LogP contribution in [0, 0.1) is 6.92 Å². The van der Waals surface area contributed by atoms with Gasteiger partial charge < -0.3 is 10.2 Å². The third kappa shape index (κ3) is 2.48. The lowest BCUT2D eigenvalue weighted by molar-refractivity contribution is 0.584. The van der Waals surface area contributed by atoms with Crippen LogP contribution in [0.25, 0.3) is 11.0 Å². The van der Waals surface area contributed by atoms with E-state index in [0.29, 0.717) is 6.04 Å². The van der Waals surface area contributed by atoms with E-state index >= 15 is 0 Å². The third-order valence-corrected chi connectivity index (χ3v) is 4.00. The third-order valence-electron chi connectivity index (χ3n) is 4.00. The summed E-state index contributed by atoms with van der Waals surface area (Å²) in [6.45, 7) is 7.36. The first-order valence-corrected chi connectivity index (χ1v) is 7.50. The van der Waals surface area contributed by atoms with Gasteiger partial charge in [-0.3, -0.25) is 0 Å². The van der Waals surface area contributed by atoms with Crippen molar-refractivity contribution in [1.29, 1.82) is 0 Å². The van der Waals surface area contributed by atoms with E-state index in [2.05, 4.69) is 24.1 Å². The van der Waals surface area contributed by atoms with Gasteiger partial charge in [0.1, 0.15) is 0 Å². The molecule has 4 nitrogen and oxygen atoms in total. The average Bonchev–Trinajstić information content (AvgIpc) is 2.92. The second kappa shape index (κ2) is 5.75. The van der Waals surface area contributed by atoms with Crippen LogP contribution in [0.4, 0.5) is 5.82 Å². The Kier molecular flexibility index (Phi) is 3.83. The zero-order valence-corrected chi connectivity index (χ0v) is 12.3. The number of para-hydroxylation sites is 2. The first-order valence-electron chi connectivity index (χ1n) is 7.50. The number of fused-ring (bicyclic) bond motifs is 1. The zero-order chi connectivity index (χ0) is 13.9. The Labute approximate surface area is 120 Å². The summed E-state index contributed by atoms with van der Waals surface area (Å²) in [7, 11) is 0. The van der Waals surface area contributed by atoms with Crippen LogP contribution in [-0.4, -0.2) is 35.6 Å². The summed E-state index contributed by atoms with van der Waals surface area (Å²) in [5.74, 6) is 1.06. The van der Waals surface area contributed by atoms with Crippen molar-refractivity contribution >= 4 is 16.9 Å². The number of nitrogens with one attached hydrogen (secondary N) is 1. The van der Waals surface area contributed by atoms with Crippen molar-refractivity contribution in [2.75, 3.05) is 24.5 Å². The van der Waals surface area contributed by atoms with E-state index < -0.39 is 0 Å². The van der Waals surface area contributed by atoms with Crippen molar-refractivity contribution in [3.8, 4) is 0 Å². The van der Waals surface area contributed by atoms with E-state index in [4.69, 9.17) is 9.97 Å². The highest BCUT2D eigenvalue weighted by atomic mass is 15.3. The minimum absolute atomic E-state index is 0.545. The summed E-state index contributed by atoms with van der Waals surface area (Å²) in [5.41, 5.74) is 3.01. The Morgan fingerprint density at radius 2 is 2.00 bits per heavy atom. The zero-order valence-electron chi connectivity index (χ0n) is 12.3. The predicted molar refractivity (Wildman–Crippen MR) is 83.2 cm³/mol. The lowest BCUT2D eigenvalue weighted by Gasteiger charge is -2.27. The Morgan fingerprint density at radius 1 is 1.25 bits per heavy atom. The molecular weight excluding hydrogens is 248 g/mol. The number of hydrogen-bond acceptors (Lipinski definition) is 4. The highest BCUT2D eigenvalue weighted by molar-refractivity contribution is 5.76. The maximum absolute atomic E-state index is 4.85. The van der Waals surface area contributed by atoms with Crippen molar-refractivity contribution in [1.82, 2.24) is 15.3 Å². The van der Waals surface area contributed by atoms with Crippen molar-refractivity contribution in [3.05, 3.63) is 30.0 Å². The summed E-state index contributed by atoms with van der Waals surface area (Å²) in [6.07, 6.45) is 2.48. The predicted octanol–water partition coefficient (Wildman–Crippen LogP) is 2.52. The number of benzene rings is 1. The van der Waals surface area contributed by atoms with Gasteiger partial charge in [0, 0.05) is 19.1 Å². The Morgan fingerprint density at radius 3 is 2.75 bits per heavy atom.